The fraction of sp³-hybridized carbons (Fsp3) is 0.0714. The Morgan fingerprint density at radius 1 is 1.35 bits per heavy atom. The maximum atomic E-state index is 10.5. The third-order valence-corrected chi connectivity index (χ3v) is 2.23. The van der Waals surface area contributed by atoms with E-state index in [9.17, 15) is 4.79 Å². The van der Waals surface area contributed by atoms with E-state index in [-0.39, 0.29) is 6.42 Å². The first-order chi connectivity index (χ1) is 8.17. The zero-order valence-corrected chi connectivity index (χ0v) is 9.47. The van der Waals surface area contributed by atoms with Gasteiger partial charge in [-0.15, -0.1) is 0 Å². The van der Waals surface area contributed by atoms with Gasteiger partial charge in [0.25, 0.3) is 0 Å². The average Bonchev–Trinajstić information content (AvgIpc) is 2.31. The van der Waals surface area contributed by atoms with Crippen LogP contribution in [0.4, 0.5) is 0 Å². The van der Waals surface area contributed by atoms with E-state index >= 15 is 0 Å². The van der Waals surface area contributed by atoms with Crippen molar-refractivity contribution in [2.45, 2.75) is 6.42 Å². The molecule has 88 valence electrons. The number of carboxylic acid groups (broad SMARTS) is 1. The third kappa shape index (κ3) is 3.99. The number of rotatable bonds is 5. The zero-order chi connectivity index (χ0) is 12.7. The molecule has 0 fully saturated rings. The number of hydrogen-bond donors (Lipinski definition) is 2. The van der Waals surface area contributed by atoms with Crippen LogP contribution in [0.25, 0.3) is 5.57 Å². The van der Waals surface area contributed by atoms with Crippen LogP contribution in [0.5, 0.6) is 0 Å². The summed E-state index contributed by atoms with van der Waals surface area (Å²) in [6, 6.07) is 7.28. The van der Waals surface area contributed by atoms with Crippen molar-refractivity contribution < 1.29 is 9.90 Å². The van der Waals surface area contributed by atoms with Gasteiger partial charge in [0.15, 0.2) is 0 Å². The second-order valence-corrected chi connectivity index (χ2v) is 3.48. The summed E-state index contributed by atoms with van der Waals surface area (Å²) in [6.07, 6.45) is 6.85. The predicted molar refractivity (Wildman–Crippen MR) is 69.3 cm³/mol. The lowest BCUT2D eigenvalue weighted by Crippen LogP contribution is -1.99. The average molecular weight is 229 g/mol. The number of hydrogen-bond acceptors (Lipinski definition) is 2. The quantitative estimate of drug-likeness (QED) is 0.762. The second-order valence-electron chi connectivity index (χ2n) is 3.48. The number of benzene rings is 1. The van der Waals surface area contributed by atoms with Gasteiger partial charge < -0.3 is 10.8 Å². The summed E-state index contributed by atoms with van der Waals surface area (Å²) < 4.78 is 0. The Bertz CT molecular complexity index is 456. The monoisotopic (exact) mass is 229 g/mol. The summed E-state index contributed by atoms with van der Waals surface area (Å²) in [4.78, 5) is 10.5. The van der Waals surface area contributed by atoms with E-state index in [0.29, 0.717) is 0 Å². The van der Waals surface area contributed by atoms with Gasteiger partial charge in [-0.3, -0.25) is 4.79 Å². The minimum Gasteiger partial charge on any atom is -0.481 e. The van der Waals surface area contributed by atoms with Crippen molar-refractivity contribution in [1.82, 2.24) is 0 Å². The third-order valence-electron chi connectivity index (χ3n) is 2.23. The lowest BCUT2D eigenvalue weighted by atomic mass is 10.0. The van der Waals surface area contributed by atoms with Gasteiger partial charge in [-0.05, 0) is 16.7 Å². The normalized spacial score (nSPS) is 11.6. The van der Waals surface area contributed by atoms with E-state index in [1.807, 2.05) is 18.2 Å². The van der Waals surface area contributed by atoms with E-state index < -0.39 is 5.97 Å². The molecule has 3 N–H and O–H groups in total. The van der Waals surface area contributed by atoms with Gasteiger partial charge in [0.1, 0.15) is 0 Å². The van der Waals surface area contributed by atoms with Gasteiger partial charge in [-0.1, -0.05) is 49.1 Å². The Hall–Kier alpha value is -2.29. The highest BCUT2D eigenvalue weighted by atomic mass is 16.4. The van der Waals surface area contributed by atoms with Crippen molar-refractivity contribution in [3.63, 3.8) is 0 Å². The first-order valence-corrected chi connectivity index (χ1v) is 5.19. The Balaban J connectivity index is 2.89. The highest BCUT2D eigenvalue weighted by Gasteiger charge is 2.01. The molecular weight excluding hydrogens is 214 g/mol. The Labute approximate surface area is 101 Å². The van der Waals surface area contributed by atoms with Gasteiger partial charge in [0.2, 0.25) is 0 Å². The number of aliphatic carboxylic acids is 1. The molecule has 0 aliphatic heterocycles. The summed E-state index contributed by atoms with van der Waals surface area (Å²) in [6.45, 7) is 3.59. The molecule has 1 aromatic carbocycles. The van der Waals surface area contributed by atoms with Crippen LogP contribution in [0, 0.1) is 0 Å². The lowest BCUT2D eigenvalue weighted by molar-refractivity contribution is -0.136. The summed E-state index contributed by atoms with van der Waals surface area (Å²) >= 11 is 0. The van der Waals surface area contributed by atoms with Gasteiger partial charge >= 0.3 is 5.97 Å². The maximum Gasteiger partial charge on any atom is 0.307 e. The Morgan fingerprint density at radius 3 is 2.47 bits per heavy atom. The molecule has 3 heteroatoms. The molecule has 0 amide bonds. The minimum atomic E-state index is -0.834. The largest absolute Gasteiger partial charge is 0.481 e. The van der Waals surface area contributed by atoms with Gasteiger partial charge in [0.05, 0.1) is 6.42 Å². The fourth-order valence-corrected chi connectivity index (χ4v) is 1.41. The summed E-state index contributed by atoms with van der Waals surface area (Å²) in [5, 5.41) is 8.65. The summed E-state index contributed by atoms with van der Waals surface area (Å²) in [5.74, 6) is -0.834. The van der Waals surface area contributed by atoms with Crippen LogP contribution < -0.4 is 5.73 Å². The molecule has 0 bridgehead atoms. The molecule has 0 aliphatic rings. The molecule has 0 unspecified atom stereocenters. The fourth-order valence-electron chi connectivity index (χ4n) is 1.41. The first kappa shape index (κ1) is 12.8. The molecule has 0 aromatic heterocycles. The van der Waals surface area contributed by atoms with E-state index in [4.69, 9.17) is 10.8 Å². The molecule has 17 heavy (non-hydrogen) atoms. The van der Waals surface area contributed by atoms with Crippen molar-refractivity contribution in [3.05, 3.63) is 66.4 Å². The summed E-state index contributed by atoms with van der Waals surface area (Å²) in [5.41, 5.74) is 8.10. The predicted octanol–water partition coefficient (Wildman–Crippen LogP) is 2.36. The van der Waals surface area contributed by atoms with Crippen LogP contribution in [0.15, 0.2) is 55.3 Å². The zero-order valence-electron chi connectivity index (χ0n) is 9.47. The van der Waals surface area contributed by atoms with Crippen molar-refractivity contribution in [2.24, 2.45) is 5.73 Å². The second kappa shape index (κ2) is 6.33. The summed E-state index contributed by atoms with van der Waals surface area (Å²) in [7, 11) is 0. The minimum absolute atomic E-state index is 0.0322. The van der Waals surface area contributed by atoms with Crippen LogP contribution in [0.1, 0.15) is 11.1 Å². The molecule has 1 aromatic rings. The van der Waals surface area contributed by atoms with E-state index in [0.717, 1.165) is 16.7 Å². The molecule has 1 rings (SSSR count). The van der Waals surface area contributed by atoms with Gasteiger partial charge in [0, 0.05) is 6.20 Å². The van der Waals surface area contributed by atoms with Gasteiger partial charge in [-0.25, -0.2) is 0 Å². The van der Waals surface area contributed by atoms with Crippen LogP contribution in [0.2, 0.25) is 0 Å². The van der Waals surface area contributed by atoms with Crippen molar-refractivity contribution in [3.8, 4) is 0 Å². The number of nitrogens with two attached hydrogens (primary N) is 1. The molecule has 0 spiro atoms. The molecule has 0 saturated carbocycles. The van der Waals surface area contributed by atoms with Gasteiger partial charge in [-0.2, -0.15) is 0 Å². The van der Waals surface area contributed by atoms with E-state index in [2.05, 4.69) is 6.58 Å². The van der Waals surface area contributed by atoms with E-state index in [1.165, 1.54) is 6.20 Å². The highest BCUT2D eigenvalue weighted by molar-refractivity contribution is 5.75. The highest BCUT2D eigenvalue weighted by Crippen LogP contribution is 2.16. The number of carbonyl (C=O) groups is 1. The smallest absolute Gasteiger partial charge is 0.307 e. The molecule has 0 saturated heterocycles. The Kier molecular flexibility index (Phi) is 4.76. The van der Waals surface area contributed by atoms with Crippen LogP contribution in [-0.4, -0.2) is 11.1 Å². The standard InChI is InChI=1S/C14H15NO2/c1-2-3-4-13(10-15)12-7-5-11(6-8-12)9-14(16)17/h2-8,10H,1,9,15H2,(H,16,17)/b4-3-,13-10+. The topological polar surface area (TPSA) is 63.3 Å². The Morgan fingerprint density at radius 2 is 2.00 bits per heavy atom. The molecule has 0 atom stereocenters. The molecule has 0 aliphatic carbocycles. The van der Waals surface area contributed by atoms with Crippen LogP contribution in [0.3, 0.4) is 0 Å². The van der Waals surface area contributed by atoms with Crippen LogP contribution in [-0.2, 0) is 11.2 Å². The SMILES string of the molecule is C=C/C=C\C(=C/N)c1ccc(CC(=O)O)cc1. The molecular formula is C14H15NO2. The molecule has 0 radical (unpaired) electrons. The van der Waals surface area contributed by atoms with E-state index in [1.54, 1.807) is 24.3 Å². The molecule has 0 heterocycles. The number of carboxylic acids is 1. The number of allylic oxidation sites excluding steroid dienone is 4. The van der Waals surface area contributed by atoms with Crippen molar-refractivity contribution >= 4 is 11.5 Å². The lowest BCUT2D eigenvalue weighted by Gasteiger charge is -2.03. The molecule has 3 nitrogen and oxygen atoms in total. The van der Waals surface area contributed by atoms with Crippen LogP contribution >= 0.6 is 0 Å². The van der Waals surface area contributed by atoms with Crippen molar-refractivity contribution in [1.29, 1.82) is 0 Å². The maximum absolute atomic E-state index is 10.5. The first-order valence-electron chi connectivity index (χ1n) is 5.19. The van der Waals surface area contributed by atoms with Crippen molar-refractivity contribution in [2.75, 3.05) is 0 Å².